The second-order valence-corrected chi connectivity index (χ2v) is 4.71. The molecule has 1 fully saturated rings. The van der Waals surface area contributed by atoms with E-state index in [1.165, 1.54) is 19.3 Å². The van der Waals surface area contributed by atoms with Crippen molar-refractivity contribution < 1.29 is 0 Å². The zero-order valence-electron chi connectivity index (χ0n) is 8.74. The van der Waals surface area contributed by atoms with Gasteiger partial charge in [-0.15, -0.1) is 0 Å². The number of hydrogen-bond donors (Lipinski definition) is 0. The van der Waals surface area contributed by atoms with E-state index in [0.717, 1.165) is 23.7 Å². The van der Waals surface area contributed by atoms with Crippen LogP contribution in [0.25, 0.3) is 0 Å². The Morgan fingerprint density at radius 1 is 1.15 bits per heavy atom. The van der Waals surface area contributed by atoms with Crippen LogP contribution in [-0.2, 0) is 0 Å². The molecule has 0 amide bonds. The van der Waals surface area contributed by atoms with Gasteiger partial charge in [-0.05, 0) is 36.5 Å². The molecule has 0 aliphatic heterocycles. The molecule has 0 nitrogen and oxygen atoms in total. The third-order valence-electron chi connectivity index (χ3n) is 3.98. The van der Waals surface area contributed by atoms with Gasteiger partial charge in [0.15, 0.2) is 0 Å². The number of fused-ring (bicyclic) bond motifs is 1. The Hall–Kier alpha value is -0.520. The van der Waals surface area contributed by atoms with Crippen molar-refractivity contribution in [3.8, 4) is 0 Å². The lowest BCUT2D eigenvalue weighted by Gasteiger charge is -2.16. The molecule has 0 heteroatoms. The van der Waals surface area contributed by atoms with E-state index in [-0.39, 0.29) is 0 Å². The van der Waals surface area contributed by atoms with Gasteiger partial charge in [0.2, 0.25) is 0 Å². The van der Waals surface area contributed by atoms with Crippen LogP contribution in [0.1, 0.15) is 33.1 Å². The van der Waals surface area contributed by atoms with Crippen LogP contribution in [0.15, 0.2) is 24.3 Å². The minimum atomic E-state index is 0.865. The maximum atomic E-state index is 2.41. The first-order valence-corrected chi connectivity index (χ1v) is 5.66. The number of rotatable bonds is 2. The lowest BCUT2D eigenvalue weighted by atomic mass is 9.89. The minimum Gasteiger partial charge on any atom is -0.0808 e. The predicted octanol–water partition coefficient (Wildman–Crippen LogP) is 3.80. The van der Waals surface area contributed by atoms with Crippen LogP contribution in [0.5, 0.6) is 0 Å². The van der Waals surface area contributed by atoms with E-state index in [1.54, 1.807) is 0 Å². The Labute approximate surface area is 81.7 Å². The van der Waals surface area contributed by atoms with Crippen molar-refractivity contribution in [3.63, 3.8) is 0 Å². The number of hydrogen-bond acceptors (Lipinski definition) is 0. The van der Waals surface area contributed by atoms with Gasteiger partial charge in [0, 0.05) is 0 Å². The fraction of sp³-hybridized carbons (Fsp3) is 0.692. The summed E-state index contributed by atoms with van der Waals surface area (Å²) in [4.78, 5) is 0. The molecule has 0 radical (unpaired) electrons. The smallest absolute Gasteiger partial charge is 0.0164 e. The lowest BCUT2D eigenvalue weighted by molar-refractivity contribution is 0.348. The largest absolute Gasteiger partial charge is 0.0808 e. The Kier molecular flexibility index (Phi) is 2.57. The highest BCUT2D eigenvalue weighted by Gasteiger charge is 2.33. The second kappa shape index (κ2) is 3.69. The molecule has 0 aromatic heterocycles. The summed E-state index contributed by atoms with van der Waals surface area (Å²) < 4.78 is 0. The summed E-state index contributed by atoms with van der Waals surface area (Å²) >= 11 is 0. The fourth-order valence-corrected chi connectivity index (χ4v) is 2.80. The van der Waals surface area contributed by atoms with E-state index in [4.69, 9.17) is 0 Å². The van der Waals surface area contributed by atoms with E-state index < -0.39 is 0 Å². The van der Waals surface area contributed by atoms with Crippen molar-refractivity contribution >= 4 is 0 Å². The van der Waals surface area contributed by atoms with Crippen molar-refractivity contribution in [1.82, 2.24) is 0 Å². The van der Waals surface area contributed by atoms with Gasteiger partial charge in [0.25, 0.3) is 0 Å². The minimum absolute atomic E-state index is 0.865. The standard InChI is InChI=1S/C13H20/c1-3-10(2)13-8-11-6-4-5-7-12(11)9-13/h4-7,10-13H,3,8-9H2,1-2H3. The van der Waals surface area contributed by atoms with Gasteiger partial charge < -0.3 is 0 Å². The third-order valence-corrected chi connectivity index (χ3v) is 3.98. The molecule has 2 aliphatic rings. The highest BCUT2D eigenvalue weighted by molar-refractivity contribution is 5.16. The highest BCUT2D eigenvalue weighted by Crippen LogP contribution is 2.43. The molecule has 0 saturated heterocycles. The lowest BCUT2D eigenvalue weighted by Crippen LogP contribution is -2.06. The summed E-state index contributed by atoms with van der Waals surface area (Å²) in [6.07, 6.45) is 13.5. The zero-order valence-corrected chi connectivity index (χ0v) is 8.74. The van der Waals surface area contributed by atoms with Crippen molar-refractivity contribution in [2.75, 3.05) is 0 Å². The Balaban J connectivity index is 2.00. The van der Waals surface area contributed by atoms with E-state index in [9.17, 15) is 0 Å². The van der Waals surface area contributed by atoms with Crippen LogP contribution >= 0.6 is 0 Å². The first-order chi connectivity index (χ1) is 6.31. The van der Waals surface area contributed by atoms with Crippen molar-refractivity contribution in [2.24, 2.45) is 23.7 Å². The topological polar surface area (TPSA) is 0 Å². The molecule has 0 spiro atoms. The van der Waals surface area contributed by atoms with Gasteiger partial charge in [-0.25, -0.2) is 0 Å². The third kappa shape index (κ3) is 1.72. The fourth-order valence-electron chi connectivity index (χ4n) is 2.80. The summed E-state index contributed by atoms with van der Waals surface area (Å²) in [5.41, 5.74) is 0. The first kappa shape index (κ1) is 9.05. The molecular formula is C13H20. The van der Waals surface area contributed by atoms with Crippen LogP contribution in [0.3, 0.4) is 0 Å². The SMILES string of the molecule is CCC(C)C1CC2C=CC=CC2C1. The summed E-state index contributed by atoms with van der Waals surface area (Å²) in [6, 6.07) is 0. The summed E-state index contributed by atoms with van der Waals surface area (Å²) in [5.74, 6) is 3.63. The van der Waals surface area contributed by atoms with Gasteiger partial charge >= 0.3 is 0 Å². The summed E-state index contributed by atoms with van der Waals surface area (Å²) in [6.45, 7) is 4.73. The molecule has 0 N–H and O–H groups in total. The van der Waals surface area contributed by atoms with Crippen molar-refractivity contribution in [2.45, 2.75) is 33.1 Å². The van der Waals surface area contributed by atoms with Crippen LogP contribution in [0.4, 0.5) is 0 Å². The van der Waals surface area contributed by atoms with Gasteiger partial charge in [-0.3, -0.25) is 0 Å². The van der Waals surface area contributed by atoms with Crippen LogP contribution in [0, 0.1) is 23.7 Å². The van der Waals surface area contributed by atoms with Gasteiger partial charge in [-0.1, -0.05) is 44.6 Å². The first-order valence-electron chi connectivity index (χ1n) is 5.66. The molecular weight excluding hydrogens is 156 g/mol. The van der Waals surface area contributed by atoms with Crippen LogP contribution in [0.2, 0.25) is 0 Å². The Morgan fingerprint density at radius 2 is 1.69 bits per heavy atom. The molecule has 0 bridgehead atoms. The van der Waals surface area contributed by atoms with Gasteiger partial charge in [-0.2, -0.15) is 0 Å². The molecule has 2 rings (SSSR count). The molecule has 3 atom stereocenters. The molecule has 0 heterocycles. The van der Waals surface area contributed by atoms with E-state index in [0.29, 0.717) is 0 Å². The number of allylic oxidation sites excluding steroid dienone is 4. The zero-order chi connectivity index (χ0) is 9.26. The predicted molar refractivity (Wildman–Crippen MR) is 57.4 cm³/mol. The maximum absolute atomic E-state index is 2.41. The van der Waals surface area contributed by atoms with Crippen LogP contribution in [-0.4, -0.2) is 0 Å². The van der Waals surface area contributed by atoms with Crippen molar-refractivity contribution in [1.29, 1.82) is 0 Å². The Morgan fingerprint density at radius 3 is 2.15 bits per heavy atom. The average Bonchev–Trinajstić information content (AvgIpc) is 2.59. The molecule has 2 aliphatic carbocycles. The average molecular weight is 176 g/mol. The van der Waals surface area contributed by atoms with Gasteiger partial charge in [0.05, 0.1) is 0 Å². The normalized spacial score (nSPS) is 39.1. The van der Waals surface area contributed by atoms with Crippen LogP contribution < -0.4 is 0 Å². The van der Waals surface area contributed by atoms with E-state index in [1.807, 2.05) is 0 Å². The molecule has 72 valence electrons. The molecule has 3 unspecified atom stereocenters. The quantitative estimate of drug-likeness (QED) is 0.600. The second-order valence-electron chi connectivity index (χ2n) is 4.71. The van der Waals surface area contributed by atoms with E-state index in [2.05, 4.69) is 38.2 Å². The van der Waals surface area contributed by atoms with Crippen molar-refractivity contribution in [3.05, 3.63) is 24.3 Å². The molecule has 0 aromatic carbocycles. The van der Waals surface area contributed by atoms with E-state index >= 15 is 0 Å². The molecule has 0 aromatic rings. The monoisotopic (exact) mass is 176 g/mol. The molecule has 13 heavy (non-hydrogen) atoms. The maximum Gasteiger partial charge on any atom is -0.0164 e. The van der Waals surface area contributed by atoms with Gasteiger partial charge in [0.1, 0.15) is 0 Å². The summed E-state index contributed by atoms with van der Waals surface area (Å²) in [5, 5.41) is 0. The highest BCUT2D eigenvalue weighted by atomic mass is 14.4. The summed E-state index contributed by atoms with van der Waals surface area (Å²) in [7, 11) is 0. The molecule has 1 saturated carbocycles. The Bertz CT molecular complexity index is 204.